The minimum absolute atomic E-state index is 0.0519. The van der Waals surface area contributed by atoms with Crippen molar-refractivity contribution < 1.29 is 4.74 Å². The van der Waals surface area contributed by atoms with E-state index in [1.165, 1.54) is 11.1 Å². The number of nitrogens with two attached hydrogens (primary N) is 2. The summed E-state index contributed by atoms with van der Waals surface area (Å²) in [6.07, 6.45) is 0.774. The second-order valence-corrected chi connectivity index (χ2v) is 7.53. The van der Waals surface area contributed by atoms with Crippen molar-refractivity contribution in [2.75, 3.05) is 5.32 Å². The van der Waals surface area contributed by atoms with Gasteiger partial charge in [-0.05, 0) is 48.7 Å². The predicted octanol–water partition coefficient (Wildman–Crippen LogP) is 4.05. The molecule has 0 spiro atoms. The van der Waals surface area contributed by atoms with Gasteiger partial charge < -0.3 is 16.2 Å². The van der Waals surface area contributed by atoms with Crippen LogP contribution in [0.15, 0.2) is 59.6 Å². The lowest BCUT2D eigenvalue weighted by Gasteiger charge is -2.18. The molecule has 4 rings (SSSR count). The highest BCUT2D eigenvalue weighted by atomic mass is 16.5. The van der Waals surface area contributed by atoms with E-state index in [0.29, 0.717) is 12.5 Å². The first kappa shape index (κ1) is 23.2. The minimum Gasteiger partial charge on any atom is -0.488 e. The van der Waals surface area contributed by atoms with Gasteiger partial charge in [0.15, 0.2) is 5.96 Å². The maximum absolute atomic E-state index is 6.36. The molecule has 3 aromatic rings. The summed E-state index contributed by atoms with van der Waals surface area (Å²) in [5.41, 5.74) is 17.5. The van der Waals surface area contributed by atoms with Crippen LogP contribution in [0.2, 0.25) is 0 Å². The highest BCUT2D eigenvalue weighted by Crippen LogP contribution is 2.32. The van der Waals surface area contributed by atoms with E-state index in [2.05, 4.69) is 32.4 Å². The number of benzene rings is 2. The maximum Gasteiger partial charge on any atom is 0.229 e. The van der Waals surface area contributed by atoms with E-state index in [9.17, 15) is 0 Å². The minimum atomic E-state index is -0.108. The fraction of sp³-hybridized carbons (Fsp3) is 0.320. The van der Waals surface area contributed by atoms with E-state index in [4.69, 9.17) is 16.2 Å². The van der Waals surface area contributed by atoms with E-state index >= 15 is 0 Å². The number of fused-ring (bicyclic) bond motifs is 1. The average Bonchev–Trinajstić information content (AvgIpc) is 3.09. The number of nitrogens with one attached hydrogen (secondary N) is 1. The molecular weight excluding hydrogens is 400 g/mol. The standard InChI is InChI=1S/C23H26N6O.C2H6/c1-14-11-15(2)28-23(27-14)29-22(25)26-13-16-7-9-18(10-8-16)30-20-12-17-5-3-4-6-19(17)21(20)24;1-2/h3-11,20-21H,12-13,24H2,1-2H3,(H3,25,26,27,28,29);1-2H3/t20-,21-;/m1./s1. The van der Waals surface area contributed by atoms with Crippen LogP contribution in [0.25, 0.3) is 0 Å². The number of hydrogen-bond acceptors (Lipinski definition) is 5. The molecule has 0 amide bonds. The monoisotopic (exact) mass is 432 g/mol. The van der Waals surface area contributed by atoms with Crippen LogP contribution in [-0.2, 0) is 13.0 Å². The van der Waals surface area contributed by atoms with Crippen LogP contribution in [0.3, 0.4) is 0 Å². The van der Waals surface area contributed by atoms with Crippen LogP contribution in [-0.4, -0.2) is 22.0 Å². The van der Waals surface area contributed by atoms with Gasteiger partial charge in [-0.2, -0.15) is 0 Å². The first-order valence-corrected chi connectivity index (χ1v) is 11.0. The molecule has 0 bridgehead atoms. The van der Waals surface area contributed by atoms with Gasteiger partial charge in [0.25, 0.3) is 0 Å². The predicted molar refractivity (Wildman–Crippen MR) is 130 cm³/mol. The zero-order valence-electron chi connectivity index (χ0n) is 19.2. The van der Waals surface area contributed by atoms with E-state index in [0.717, 1.165) is 29.1 Å². The molecule has 7 heteroatoms. The van der Waals surface area contributed by atoms with Gasteiger partial charge in [-0.1, -0.05) is 50.2 Å². The fourth-order valence-electron chi connectivity index (χ4n) is 3.66. The molecule has 0 fully saturated rings. The van der Waals surface area contributed by atoms with Crippen LogP contribution >= 0.6 is 0 Å². The van der Waals surface area contributed by atoms with Crippen LogP contribution in [0.1, 0.15) is 48.0 Å². The summed E-state index contributed by atoms with van der Waals surface area (Å²) < 4.78 is 6.14. The molecule has 0 unspecified atom stereocenters. The Bertz CT molecular complexity index is 1040. The molecule has 1 aromatic heterocycles. The Kier molecular flexibility index (Phi) is 7.78. The zero-order valence-corrected chi connectivity index (χ0v) is 19.2. The lowest BCUT2D eigenvalue weighted by molar-refractivity contribution is 0.185. The number of nitrogens with zero attached hydrogens (tertiary/aromatic N) is 3. The number of aromatic nitrogens is 2. The number of aliphatic imine (C=N–C) groups is 1. The van der Waals surface area contributed by atoms with Crippen LogP contribution in [0, 0.1) is 13.8 Å². The highest BCUT2D eigenvalue weighted by Gasteiger charge is 2.30. The maximum atomic E-state index is 6.36. The Hall–Kier alpha value is -3.45. The van der Waals surface area contributed by atoms with Gasteiger partial charge in [-0.25, -0.2) is 15.0 Å². The van der Waals surface area contributed by atoms with E-state index in [1.807, 2.05) is 70.2 Å². The average molecular weight is 433 g/mol. The van der Waals surface area contributed by atoms with Crippen molar-refractivity contribution in [2.45, 2.75) is 52.8 Å². The van der Waals surface area contributed by atoms with Gasteiger partial charge in [-0.15, -0.1) is 0 Å². The number of anilines is 1. The second kappa shape index (κ2) is 10.7. The Balaban J connectivity index is 0.00000141. The lowest BCUT2D eigenvalue weighted by atomic mass is 10.1. The summed E-state index contributed by atoms with van der Waals surface area (Å²) in [6.45, 7) is 8.26. The first-order chi connectivity index (χ1) is 15.5. The van der Waals surface area contributed by atoms with Crippen LogP contribution < -0.4 is 21.5 Å². The van der Waals surface area contributed by atoms with Crippen molar-refractivity contribution in [2.24, 2.45) is 16.5 Å². The Labute approximate surface area is 190 Å². The summed E-state index contributed by atoms with van der Waals surface area (Å²) in [5, 5.41) is 2.93. The number of guanidine groups is 1. The van der Waals surface area contributed by atoms with Gasteiger partial charge >= 0.3 is 0 Å². The summed E-state index contributed by atoms with van der Waals surface area (Å²) in [5.74, 6) is 1.52. The second-order valence-electron chi connectivity index (χ2n) is 7.53. The van der Waals surface area contributed by atoms with E-state index < -0.39 is 0 Å². The van der Waals surface area contributed by atoms with Gasteiger partial charge in [-0.3, -0.25) is 5.32 Å². The van der Waals surface area contributed by atoms with Crippen molar-refractivity contribution in [1.29, 1.82) is 0 Å². The van der Waals surface area contributed by atoms with Gasteiger partial charge in [0.1, 0.15) is 11.9 Å². The molecule has 0 aliphatic heterocycles. The van der Waals surface area contributed by atoms with Crippen LogP contribution in [0.5, 0.6) is 5.75 Å². The zero-order chi connectivity index (χ0) is 23.1. The summed E-state index contributed by atoms with van der Waals surface area (Å²) >= 11 is 0. The smallest absolute Gasteiger partial charge is 0.229 e. The highest BCUT2D eigenvalue weighted by molar-refractivity contribution is 5.90. The van der Waals surface area contributed by atoms with Gasteiger partial charge in [0.05, 0.1) is 12.6 Å². The number of rotatable bonds is 5. The van der Waals surface area contributed by atoms with Crippen molar-refractivity contribution >= 4 is 11.9 Å². The molecule has 1 heterocycles. The van der Waals surface area contributed by atoms with Crippen molar-refractivity contribution in [3.05, 3.63) is 82.7 Å². The summed E-state index contributed by atoms with van der Waals surface area (Å²) in [4.78, 5) is 13.0. The van der Waals surface area contributed by atoms with Gasteiger partial charge in [0, 0.05) is 17.8 Å². The molecule has 168 valence electrons. The Morgan fingerprint density at radius 3 is 2.38 bits per heavy atom. The third kappa shape index (κ3) is 5.82. The van der Waals surface area contributed by atoms with Crippen molar-refractivity contribution in [1.82, 2.24) is 9.97 Å². The first-order valence-electron chi connectivity index (χ1n) is 11.0. The molecule has 0 saturated carbocycles. The topological polar surface area (TPSA) is 111 Å². The number of aryl methyl sites for hydroxylation is 2. The molecule has 7 nitrogen and oxygen atoms in total. The molecule has 32 heavy (non-hydrogen) atoms. The number of ether oxygens (including phenoxy) is 1. The normalized spacial score (nSPS) is 17.2. The number of hydrogen-bond donors (Lipinski definition) is 3. The summed E-state index contributed by atoms with van der Waals surface area (Å²) in [6, 6.07) is 17.9. The van der Waals surface area contributed by atoms with Crippen molar-refractivity contribution in [3.63, 3.8) is 0 Å². The SMILES string of the molecule is CC.Cc1cc(C)nc(NC(N)=NCc2ccc(O[C@@H]3Cc4ccccc4[C@H]3N)cc2)n1. The Morgan fingerprint density at radius 2 is 1.72 bits per heavy atom. The molecule has 1 aliphatic carbocycles. The molecule has 5 N–H and O–H groups in total. The van der Waals surface area contributed by atoms with Crippen molar-refractivity contribution in [3.8, 4) is 5.75 Å². The van der Waals surface area contributed by atoms with Gasteiger partial charge in [0.2, 0.25) is 5.95 Å². The lowest BCUT2D eigenvalue weighted by Crippen LogP contribution is -2.27. The third-order valence-electron chi connectivity index (χ3n) is 5.10. The molecule has 1 aliphatic rings. The molecular formula is C25H32N6O. The third-order valence-corrected chi connectivity index (χ3v) is 5.10. The van der Waals surface area contributed by atoms with E-state index in [-0.39, 0.29) is 18.1 Å². The summed E-state index contributed by atoms with van der Waals surface area (Å²) in [7, 11) is 0. The largest absolute Gasteiger partial charge is 0.488 e. The van der Waals surface area contributed by atoms with E-state index in [1.54, 1.807) is 0 Å². The molecule has 0 saturated heterocycles. The molecule has 0 radical (unpaired) electrons. The quantitative estimate of drug-likeness (QED) is 0.414. The Morgan fingerprint density at radius 1 is 1.06 bits per heavy atom. The van der Waals surface area contributed by atoms with Crippen LogP contribution in [0.4, 0.5) is 5.95 Å². The molecule has 2 atom stereocenters. The molecule has 2 aromatic carbocycles. The fourth-order valence-corrected chi connectivity index (χ4v) is 3.66.